The summed E-state index contributed by atoms with van der Waals surface area (Å²) in [6.07, 6.45) is 0. The maximum Gasteiger partial charge on any atom is 0.159 e. The van der Waals surface area contributed by atoms with Gasteiger partial charge < -0.3 is 10.9 Å². The van der Waals surface area contributed by atoms with Crippen LogP contribution in [0.1, 0.15) is 20.8 Å². The van der Waals surface area contributed by atoms with Crippen molar-refractivity contribution in [3.8, 4) is 0 Å². The number of thioether (sulfide) groups is 1. The standard InChI is InChI=1S/C12H26N4OS/c1-4-18-10-9-15-5-7-16(8-6-15)12(2,3)11(13)14-17/h17H,4-10H2,1-3H3,(H2,13,14). The van der Waals surface area contributed by atoms with Crippen LogP contribution in [0.5, 0.6) is 0 Å². The number of hydrogen-bond acceptors (Lipinski definition) is 5. The quantitative estimate of drug-likeness (QED) is 0.247. The third-order valence-electron chi connectivity index (χ3n) is 3.65. The normalized spacial score (nSPS) is 20.3. The van der Waals surface area contributed by atoms with E-state index < -0.39 is 0 Å². The van der Waals surface area contributed by atoms with E-state index in [-0.39, 0.29) is 11.4 Å². The van der Waals surface area contributed by atoms with Crippen LogP contribution in [0.2, 0.25) is 0 Å². The number of rotatable bonds is 6. The van der Waals surface area contributed by atoms with Crippen LogP contribution in [0, 0.1) is 0 Å². The molecule has 1 heterocycles. The smallest absolute Gasteiger partial charge is 0.159 e. The third kappa shape index (κ3) is 4.03. The van der Waals surface area contributed by atoms with Gasteiger partial charge in [-0.3, -0.25) is 9.80 Å². The molecule has 0 spiro atoms. The zero-order valence-electron chi connectivity index (χ0n) is 11.7. The van der Waals surface area contributed by atoms with Gasteiger partial charge in [-0.2, -0.15) is 11.8 Å². The highest BCUT2D eigenvalue weighted by molar-refractivity contribution is 7.99. The van der Waals surface area contributed by atoms with E-state index in [1.54, 1.807) is 0 Å². The summed E-state index contributed by atoms with van der Waals surface area (Å²) >= 11 is 1.99. The molecule has 0 bridgehead atoms. The second-order valence-corrected chi connectivity index (χ2v) is 6.46. The molecule has 6 heteroatoms. The molecule has 0 aliphatic carbocycles. The number of nitrogens with two attached hydrogens (primary N) is 1. The average molecular weight is 274 g/mol. The zero-order valence-corrected chi connectivity index (χ0v) is 12.5. The molecule has 1 aliphatic rings. The van der Waals surface area contributed by atoms with Crippen molar-refractivity contribution in [1.29, 1.82) is 0 Å². The summed E-state index contributed by atoms with van der Waals surface area (Å²) in [7, 11) is 0. The Balaban J connectivity index is 2.39. The van der Waals surface area contributed by atoms with Crippen molar-refractivity contribution in [2.24, 2.45) is 10.9 Å². The zero-order chi connectivity index (χ0) is 13.6. The minimum atomic E-state index is -0.362. The lowest BCUT2D eigenvalue weighted by atomic mass is 10.0. The lowest BCUT2D eigenvalue weighted by molar-refractivity contribution is 0.0867. The molecule has 0 aromatic carbocycles. The van der Waals surface area contributed by atoms with Gasteiger partial charge in [0.2, 0.25) is 0 Å². The summed E-state index contributed by atoms with van der Waals surface area (Å²) in [4.78, 5) is 4.77. The van der Waals surface area contributed by atoms with E-state index in [1.165, 1.54) is 11.5 Å². The van der Waals surface area contributed by atoms with Gasteiger partial charge in [0.05, 0.1) is 5.54 Å². The predicted molar refractivity (Wildman–Crippen MR) is 78.5 cm³/mol. The molecule has 3 N–H and O–H groups in total. The van der Waals surface area contributed by atoms with Gasteiger partial charge in [-0.05, 0) is 19.6 Å². The van der Waals surface area contributed by atoms with Crippen molar-refractivity contribution >= 4 is 17.6 Å². The molecule has 1 aliphatic heterocycles. The van der Waals surface area contributed by atoms with Gasteiger partial charge >= 0.3 is 0 Å². The second kappa shape index (κ2) is 7.21. The van der Waals surface area contributed by atoms with Crippen molar-refractivity contribution in [2.75, 3.05) is 44.2 Å². The molecule has 106 valence electrons. The predicted octanol–water partition coefficient (Wildman–Crippen LogP) is 0.882. The number of oxime groups is 1. The topological polar surface area (TPSA) is 65.1 Å². The third-order valence-corrected chi connectivity index (χ3v) is 4.53. The molecule has 0 aromatic rings. The highest BCUT2D eigenvalue weighted by Crippen LogP contribution is 2.17. The van der Waals surface area contributed by atoms with Crippen LogP contribution in [0.25, 0.3) is 0 Å². The summed E-state index contributed by atoms with van der Waals surface area (Å²) in [5, 5.41) is 12.0. The van der Waals surface area contributed by atoms with Crippen LogP contribution in [0.3, 0.4) is 0 Å². The van der Waals surface area contributed by atoms with E-state index >= 15 is 0 Å². The fourth-order valence-corrected chi connectivity index (χ4v) is 2.83. The first-order valence-corrected chi connectivity index (χ1v) is 7.71. The first kappa shape index (κ1) is 15.6. The number of nitrogens with zero attached hydrogens (tertiary/aromatic N) is 3. The number of amidine groups is 1. The molecule has 5 nitrogen and oxygen atoms in total. The van der Waals surface area contributed by atoms with E-state index in [2.05, 4.69) is 21.9 Å². The van der Waals surface area contributed by atoms with E-state index in [9.17, 15) is 0 Å². The Morgan fingerprint density at radius 1 is 1.33 bits per heavy atom. The fourth-order valence-electron chi connectivity index (χ4n) is 2.15. The van der Waals surface area contributed by atoms with E-state index in [0.29, 0.717) is 0 Å². The van der Waals surface area contributed by atoms with E-state index in [1.807, 2.05) is 25.6 Å². The summed E-state index contributed by atoms with van der Waals surface area (Å²) in [6, 6.07) is 0. The SMILES string of the molecule is CCSCCN1CCN(C(C)(C)C(N)=NO)CC1. The first-order chi connectivity index (χ1) is 8.52. The molecule has 18 heavy (non-hydrogen) atoms. The molecule has 0 unspecified atom stereocenters. The number of hydrogen-bond donors (Lipinski definition) is 2. The highest BCUT2D eigenvalue weighted by Gasteiger charge is 2.33. The van der Waals surface area contributed by atoms with Crippen LogP contribution >= 0.6 is 11.8 Å². The van der Waals surface area contributed by atoms with Crippen molar-refractivity contribution in [3.05, 3.63) is 0 Å². The second-order valence-electron chi connectivity index (χ2n) is 5.07. The lowest BCUT2D eigenvalue weighted by Crippen LogP contribution is -2.59. The number of piperazine rings is 1. The molecule has 1 fully saturated rings. The summed E-state index contributed by atoms with van der Waals surface area (Å²) in [6.45, 7) is 11.4. The monoisotopic (exact) mass is 274 g/mol. The van der Waals surface area contributed by atoms with Crippen LogP contribution in [-0.2, 0) is 0 Å². The van der Waals surface area contributed by atoms with E-state index in [0.717, 1.165) is 32.7 Å². The Labute approximate surface area is 114 Å². The summed E-state index contributed by atoms with van der Waals surface area (Å²) < 4.78 is 0. The molecule has 0 aromatic heterocycles. The van der Waals surface area contributed by atoms with Gasteiger partial charge in [-0.25, -0.2) is 0 Å². The Bertz CT molecular complexity index is 275. The van der Waals surface area contributed by atoms with Crippen molar-refractivity contribution < 1.29 is 5.21 Å². The van der Waals surface area contributed by atoms with Gasteiger partial charge in [-0.1, -0.05) is 12.1 Å². The van der Waals surface area contributed by atoms with Gasteiger partial charge in [0.1, 0.15) is 0 Å². The molecule has 0 amide bonds. The molecule has 0 radical (unpaired) electrons. The van der Waals surface area contributed by atoms with Crippen LogP contribution in [0.15, 0.2) is 5.16 Å². The molecule has 1 saturated heterocycles. The minimum absolute atomic E-state index is 0.289. The molecule has 1 rings (SSSR count). The van der Waals surface area contributed by atoms with Gasteiger partial charge in [0.15, 0.2) is 5.84 Å². The lowest BCUT2D eigenvalue weighted by Gasteiger charge is -2.43. The molecule has 0 atom stereocenters. The Kier molecular flexibility index (Phi) is 6.25. The maximum absolute atomic E-state index is 8.82. The first-order valence-electron chi connectivity index (χ1n) is 6.55. The van der Waals surface area contributed by atoms with Crippen LogP contribution < -0.4 is 5.73 Å². The van der Waals surface area contributed by atoms with Gasteiger partial charge in [0, 0.05) is 38.5 Å². The van der Waals surface area contributed by atoms with Crippen LogP contribution in [0.4, 0.5) is 0 Å². The fraction of sp³-hybridized carbons (Fsp3) is 0.917. The van der Waals surface area contributed by atoms with E-state index in [4.69, 9.17) is 10.9 Å². The largest absolute Gasteiger partial charge is 0.409 e. The molecular weight excluding hydrogens is 248 g/mol. The van der Waals surface area contributed by atoms with Crippen molar-refractivity contribution in [3.63, 3.8) is 0 Å². The Hall–Kier alpha value is -0.460. The minimum Gasteiger partial charge on any atom is -0.409 e. The Morgan fingerprint density at radius 2 is 1.94 bits per heavy atom. The summed E-state index contributed by atoms with van der Waals surface area (Å²) in [5.74, 6) is 2.69. The van der Waals surface area contributed by atoms with Gasteiger partial charge in [-0.15, -0.1) is 0 Å². The molecular formula is C12H26N4OS. The molecule has 0 saturated carbocycles. The van der Waals surface area contributed by atoms with Crippen molar-refractivity contribution in [2.45, 2.75) is 26.3 Å². The highest BCUT2D eigenvalue weighted by atomic mass is 32.2. The van der Waals surface area contributed by atoms with Crippen molar-refractivity contribution in [1.82, 2.24) is 9.80 Å². The average Bonchev–Trinajstić information content (AvgIpc) is 2.38. The van der Waals surface area contributed by atoms with Crippen LogP contribution in [-0.4, -0.2) is 70.6 Å². The Morgan fingerprint density at radius 3 is 2.44 bits per heavy atom. The van der Waals surface area contributed by atoms with Gasteiger partial charge in [0.25, 0.3) is 0 Å². The summed E-state index contributed by atoms with van der Waals surface area (Å²) in [5.41, 5.74) is 5.39. The maximum atomic E-state index is 8.82.